The van der Waals surface area contributed by atoms with Crippen molar-refractivity contribution in [2.45, 2.75) is 19.2 Å². The Morgan fingerprint density at radius 2 is 1.69 bits per heavy atom. The molecule has 0 aliphatic heterocycles. The summed E-state index contributed by atoms with van der Waals surface area (Å²) in [6, 6.07) is 11.3. The van der Waals surface area contributed by atoms with Crippen LogP contribution in [0.15, 0.2) is 42.5 Å². The highest BCUT2D eigenvalue weighted by atomic mass is 19.3. The number of hydrogen-bond donors (Lipinski definition) is 2. The summed E-state index contributed by atoms with van der Waals surface area (Å²) < 4.78 is 39.9. The molecule has 0 saturated heterocycles. The molecule has 1 amide bonds. The van der Waals surface area contributed by atoms with Crippen molar-refractivity contribution >= 4 is 5.91 Å². The maximum absolute atomic E-state index is 12.6. The normalized spacial score (nSPS) is 11.9. The number of hydrogen-bond acceptors (Lipinski definition) is 5. The average Bonchev–Trinajstić information content (AvgIpc) is 2.62. The molecule has 2 rings (SSSR count). The minimum absolute atomic E-state index is 0.0942. The van der Waals surface area contributed by atoms with Crippen molar-refractivity contribution < 1.29 is 27.8 Å². The van der Waals surface area contributed by atoms with Gasteiger partial charge in [0, 0.05) is 6.54 Å². The minimum atomic E-state index is -3.01. The van der Waals surface area contributed by atoms with Crippen LogP contribution in [0, 0.1) is 0 Å². The van der Waals surface area contributed by atoms with E-state index in [1.165, 1.54) is 26.4 Å². The van der Waals surface area contributed by atoms with Crippen molar-refractivity contribution in [3.63, 3.8) is 0 Å². The van der Waals surface area contributed by atoms with Gasteiger partial charge in [0.1, 0.15) is 6.04 Å². The minimum Gasteiger partial charge on any atom is -0.493 e. The van der Waals surface area contributed by atoms with Gasteiger partial charge in [0.2, 0.25) is 11.7 Å². The fourth-order valence-corrected chi connectivity index (χ4v) is 2.49. The first-order chi connectivity index (χ1) is 12.5. The number of carbonyl (C=O) groups excluding carboxylic acids is 1. The predicted octanol–water partition coefficient (Wildman–Crippen LogP) is 2.62. The summed E-state index contributed by atoms with van der Waals surface area (Å²) in [6.45, 7) is -2.79. The highest BCUT2D eigenvalue weighted by Crippen LogP contribution is 2.39. The Kier molecular flexibility index (Phi) is 6.74. The van der Waals surface area contributed by atoms with Crippen molar-refractivity contribution in [2.24, 2.45) is 5.73 Å². The third-order valence-electron chi connectivity index (χ3n) is 3.66. The molecule has 1 unspecified atom stereocenters. The lowest BCUT2D eigenvalue weighted by Crippen LogP contribution is -2.33. The number of primary amides is 1. The molecule has 2 aromatic rings. The zero-order valence-electron chi connectivity index (χ0n) is 14.4. The van der Waals surface area contributed by atoms with Gasteiger partial charge in [-0.25, -0.2) is 0 Å². The summed E-state index contributed by atoms with van der Waals surface area (Å²) >= 11 is 0. The van der Waals surface area contributed by atoms with E-state index in [1.54, 1.807) is 24.3 Å². The van der Waals surface area contributed by atoms with E-state index < -0.39 is 18.6 Å². The SMILES string of the molecule is COc1cc(CNC(C(N)=O)c2ccccc2)cc(OC)c1OC(F)F. The first kappa shape index (κ1) is 19.5. The molecular weight excluding hydrogens is 346 g/mol. The average molecular weight is 366 g/mol. The molecule has 0 bridgehead atoms. The second-order valence-corrected chi connectivity index (χ2v) is 5.33. The van der Waals surface area contributed by atoms with E-state index in [0.717, 1.165) is 5.56 Å². The number of benzene rings is 2. The maximum Gasteiger partial charge on any atom is 0.387 e. The van der Waals surface area contributed by atoms with Crippen molar-refractivity contribution in [2.75, 3.05) is 14.2 Å². The van der Waals surface area contributed by atoms with Crippen LogP contribution in [0.4, 0.5) is 8.78 Å². The molecule has 3 N–H and O–H groups in total. The van der Waals surface area contributed by atoms with Gasteiger partial charge < -0.3 is 19.9 Å². The summed E-state index contributed by atoms with van der Waals surface area (Å²) in [7, 11) is 2.67. The molecule has 0 aliphatic carbocycles. The topological polar surface area (TPSA) is 82.8 Å². The Hall–Kier alpha value is -2.87. The third-order valence-corrected chi connectivity index (χ3v) is 3.66. The Bertz CT molecular complexity index is 716. The van der Waals surface area contributed by atoms with Crippen LogP contribution in [0.1, 0.15) is 17.2 Å². The Morgan fingerprint density at radius 3 is 2.15 bits per heavy atom. The molecule has 2 aromatic carbocycles. The van der Waals surface area contributed by atoms with Gasteiger partial charge in [-0.15, -0.1) is 0 Å². The molecule has 8 heteroatoms. The summed E-state index contributed by atoms with van der Waals surface area (Å²) in [4.78, 5) is 11.7. The monoisotopic (exact) mass is 366 g/mol. The highest BCUT2D eigenvalue weighted by Gasteiger charge is 2.20. The fourth-order valence-electron chi connectivity index (χ4n) is 2.49. The van der Waals surface area contributed by atoms with Gasteiger partial charge in [-0.3, -0.25) is 10.1 Å². The van der Waals surface area contributed by atoms with Gasteiger partial charge in [0.05, 0.1) is 14.2 Å². The number of alkyl halides is 2. The van der Waals surface area contributed by atoms with E-state index in [1.807, 2.05) is 6.07 Å². The van der Waals surface area contributed by atoms with Crippen LogP contribution in [0.3, 0.4) is 0 Å². The highest BCUT2D eigenvalue weighted by molar-refractivity contribution is 5.81. The van der Waals surface area contributed by atoms with E-state index >= 15 is 0 Å². The molecule has 0 radical (unpaired) electrons. The first-order valence-electron chi connectivity index (χ1n) is 7.73. The molecule has 1 atom stereocenters. The number of nitrogens with two attached hydrogens (primary N) is 1. The zero-order valence-corrected chi connectivity index (χ0v) is 14.4. The van der Waals surface area contributed by atoms with Gasteiger partial charge in [0.15, 0.2) is 11.5 Å². The molecule has 0 spiro atoms. The van der Waals surface area contributed by atoms with E-state index in [9.17, 15) is 13.6 Å². The number of carbonyl (C=O) groups is 1. The largest absolute Gasteiger partial charge is 0.493 e. The van der Waals surface area contributed by atoms with Gasteiger partial charge in [-0.2, -0.15) is 8.78 Å². The lowest BCUT2D eigenvalue weighted by molar-refractivity contribution is -0.120. The summed E-state index contributed by atoms with van der Waals surface area (Å²) in [5.74, 6) is -0.537. The van der Waals surface area contributed by atoms with Gasteiger partial charge in [-0.05, 0) is 23.3 Å². The standard InChI is InChI=1S/C18H20F2N2O4/c1-24-13-8-11(9-14(25-2)16(13)26-18(19)20)10-22-15(17(21)23)12-6-4-3-5-7-12/h3-9,15,18,22H,10H2,1-2H3,(H2,21,23). The van der Waals surface area contributed by atoms with Crippen molar-refractivity contribution in [3.8, 4) is 17.2 Å². The summed E-state index contributed by atoms with van der Waals surface area (Å²) in [5, 5.41) is 3.04. The second kappa shape index (κ2) is 9.00. The van der Waals surface area contributed by atoms with Crippen LogP contribution in [-0.4, -0.2) is 26.7 Å². The molecule has 6 nitrogen and oxygen atoms in total. The number of halogens is 2. The van der Waals surface area contributed by atoms with Crippen molar-refractivity contribution in [1.82, 2.24) is 5.32 Å². The number of rotatable bonds is 9. The number of methoxy groups -OCH3 is 2. The van der Waals surface area contributed by atoms with E-state index in [-0.39, 0.29) is 23.8 Å². The van der Waals surface area contributed by atoms with Gasteiger partial charge in [-0.1, -0.05) is 30.3 Å². The number of nitrogens with one attached hydrogen (secondary N) is 1. The molecule has 0 heterocycles. The lowest BCUT2D eigenvalue weighted by Gasteiger charge is -2.18. The summed E-state index contributed by atoms with van der Waals surface area (Å²) in [6.07, 6.45) is 0. The number of ether oxygens (including phenoxy) is 3. The molecule has 0 aliphatic rings. The smallest absolute Gasteiger partial charge is 0.387 e. The molecule has 0 aromatic heterocycles. The van der Waals surface area contributed by atoms with Crippen molar-refractivity contribution in [1.29, 1.82) is 0 Å². The van der Waals surface area contributed by atoms with E-state index in [2.05, 4.69) is 10.1 Å². The van der Waals surface area contributed by atoms with Gasteiger partial charge in [0.25, 0.3) is 0 Å². The van der Waals surface area contributed by atoms with Gasteiger partial charge >= 0.3 is 6.61 Å². The zero-order chi connectivity index (χ0) is 19.1. The van der Waals surface area contributed by atoms with E-state index in [0.29, 0.717) is 5.56 Å². The molecule has 0 saturated carbocycles. The third kappa shape index (κ3) is 4.82. The lowest BCUT2D eigenvalue weighted by atomic mass is 10.1. The number of amides is 1. The Labute approximate surface area is 149 Å². The van der Waals surface area contributed by atoms with Crippen LogP contribution in [0.2, 0.25) is 0 Å². The van der Waals surface area contributed by atoms with Crippen LogP contribution >= 0.6 is 0 Å². The van der Waals surface area contributed by atoms with Crippen LogP contribution in [-0.2, 0) is 11.3 Å². The fraction of sp³-hybridized carbons (Fsp3) is 0.278. The summed E-state index contributed by atoms with van der Waals surface area (Å²) in [5.41, 5.74) is 6.83. The second-order valence-electron chi connectivity index (χ2n) is 5.33. The maximum atomic E-state index is 12.6. The first-order valence-corrected chi connectivity index (χ1v) is 7.73. The quantitative estimate of drug-likeness (QED) is 0.713. The van der Waals surface area contributed by atoms with Crippen molar-refractivity contribution in [3.05, 3.63) is 53.6 Å². The molecular formula is C18H20F2N2O4. The molecule has 26 heavy (non-hydrogen) atoms. The van der Waals surface area contributed by atoms with E-state index in [4.69, 9.17) is 15.2 Å². The van der Waals surface area contributed by atoms with Crippen LogP contribution in [0.25, 0.3) is 0 Å². The van der Waals surface area contributed by atoms with Crippen LogP contribution < -0.4 is 25.3 Å². The molecule has 140 valence electrons. The predicted molar refractivity (Wildman–Crippen MR) is 91.4 cm³/mol. The Morgan fingerprint density at radius 1 is 1.12 bits per heavy atom. The van der Waals surface area contributed by atoms with Crippen LogP contribution in [0.5, 0.6) is 17.2 Å². The molecule has 0 fully saturated rings. The Balaban J connectivity index is 2.24.